The van der Waals surface area contributed by atoms with Gasteiger partial charge in [0.2, 0.25) is 11.8 Å². The van der Waals surface area contributed by atoms with Crippen LogP contribution >= 0.6 is 0 Å². The Labute approximate surface area is 109 Å². The molecule has 1 aliphatic carbocycles. The molecule has 1 atom stereocenters. The van der Waals surface area contributed by atoms with E-state index in [1.807, 2.05) is 13.8 Å². The van der Waals surface area contributed by atoms with Gasteiger partial charge in [-0.15, -0.1) is 0 Å². The fraction of sp³-hybridized carbons (Fsp3) is 0.857. The minimum absolute atomic E-state index is 0.0315. The van der Waals surface area contributed by atoms with Crippen LogP contribution in [0.2, 0.25) is 0 Å². The second kappa shape index (κ2) is 5.00. The maximum absolute atomic E-state index is 12.2. The van der Waals surface area contributed by atoms with E-state index in [1.165, 1.54) is 24.2 Å². The molecule has 102 valence electrons. The van der Waals surface area contributed by atoms with Gasteiger partial charge < -0.3 is 5.32 Å². The zero-order valence-electron chi connectivity index (χ0n) is 11.7. The van der Waals surface area contributed by atoms with Crippen molar-refractivity contribution >= 4 is 11.8 Å². The fourth-order valence-electron chi connectivity index (χ4n) is 3.20. The smallest absolute Gasteiger partial charge is 0.247 e. The normalized spacial score (nSPS) is 28.2. The van der Waals surface area contributed by atoms with Crippen molar-refractivity contribution in [2.75, 3.05) is 0 Å². The van der Waals surface area contributed by atoms with Gasteiger partial charge in [-0.2, -0.15) is 0 Å². The van der Waals surface area contributed by atoms with Crippen LogP contribution < -0.4 is 5.32 Å². The number of hydrogen-bond acceptors (Lipinski definition) is 3. The van der Waals surface area contributed by atoms with Gasteiger partial charge in [-0.25, -0.2) is 0 Å². The molecule has 0 radical (unpaired) electrons. The van der Waals surface area contributed by atoms with Crippen LogP contribution in [0.3, 0.4) is 0 Å². The molecular weight excluding hydrogens is 228 g/mol. The first-order chi connectivity index (χ1) is 8.43. The summed E-state index contributed by atoms with van der Waals surface area (Å²) in [7, 11) is 0. The molecule has 1 N–H and O–H groups in total. The number of carbonyl (C=O) groups excluding carboxylic acids is 2. The Bertz CT molecular complexity index is 346. The highest BCUT2D eigenvalue weighted by molar-refractivity contribution is 6.05. The van der Waals surface area contributed by atoms with Crippen molar-refractivity contribution in [1.29, 1.82) is 0 Å². The largest absolute Gasteiger partial charge is 0.300 e. The molecule has 1 saturated carbocycles. The van der Waals surface area contributed by atoms with Crippen LogP contribution in [0.15, 0.2) is 0 Å². The van der Waals surface area contributed by atoms with E-state index < -0.39 is 0 Å². The molecule has 2 amide bonds. The molecular formula is C14H24N2O2. The standard InChI is InChI=1S/C14H24N2O2/c1-10(2)16-12(17)9-11(13(16)18)15-14(3)7-5-4-6-8-14/h10-11,15H,4-9H2,1-3H3. The number of carbonyl (C=O) groups is 2. The molecule has 0 spiro atoms. The van der Waals surface area contributed by atoms with Crippen LogP contribution in [-0.4, -0.2) is 34.3 Å². The van der Waals surface area contributed by atoms with E-state index in [1.54, 1.807) is 0 Å². The summed E-state index contributed by atoms with van der Waals surface area (Å²) in [6.45, 7) is 5.96. The highest BCUT2D eigenvalue weighted by Gasteiger charge is 2.42. The first-order valence-electron chi connectivity index (χ1n) is 7.06. The number of nitrogens with one attached hydrogen (secondary N) is 1. The van der Waals surface area contributed by atoms with E-state index in [0.29, 0.717) is 6.42 Å². The van der Waals surface area contributed by atoms with Gasteiger partial charge in [-0.3, -0.25) is 14.5 Å². The van der Waals surface area contributed by atoms with Crippen molar-refractivity contribution in [2.24, 2.45) is 0 Å². The number of amides is 2. The lowest BCUT2D eigenvalue weighted by atomic mass is 9.82. The average molecular weight is 252 g/mol. The Balaban J connectivity index is 2.02. The molecule has 0 aromatic carbocycles. The van der Waals surface area contributed by atoms with Gasteiger partial charge in [0.25, 0.3) is 0 Å². The van der Waals surface area contributed by atoms with Gasteiger partial charge in [-0.05, 0) is 33.6 Å². The van der Waals surface area contributed by atoms with Gasteiger partial charge in [0.05, 0.1) is 12.5 Å². The second-order valence-electron chi connectivity index (χ2n) is 6.22. The Morgan fingerprint density at radius 1 is 1.22 bits per heavy atom. The summed E-state index contributed by atoms with van der Waals surface area (Å²) < 4.78 is 0. The number of rotatable bonds is 3. The van der Waals surface area contributed by atoms with Gasteiger partial charge >= 0.3 is 0 Å². The third kappa shape index (κ3) is 2.58. The molecule has 0 aromatic rings. The lowest BCUT2D eigenvalue weighted by Gasteiger charge is -2.36. The molecule has 2 rings (SSSR count). The third-order valence-corrected chi connectivity index (χ3v) is 4.18. The van der Waals surface area contributed by atoms with Crippen molar-refractivity contribution in [3.8, 4) is 0 Å². The van der Waals surface area contributed by atoms with Crippen molar-refractivity contribution in [3.05, 3.63) is 0 Å². The van der Waals surface area contributed by atoms with Crippen LogP contribution in [0, 0.1) is 0 Å². The zero-order valence-corrected chi connectivity index (χ0v) is 11.7. The van der Waals surface area contributed by atoms with Crippen molar-refractivity contribution in [1.82, 2.24) is 10.2 Å². The minimum Gasteiger partial charge on any atom is -0.300 e. The summed E-state index contributed by atoms with van der Waals surface area (Å²) in [5, 5.41) is 3.45. The molecule has 2 aliphatic rings. The Morgan fingerprint density at radius 2 is 1.83 bits per heavy atom. The number of likely N-dealkylation sites (tertiary alicyclic amines) is 1. The van der Waals surface area contributed by atoms with Crippen molar-refractivity contribution < 1.29 is 9.59 Å². The maximum atomic E-state index is 12.2. The predicted molar refractivity (Wildman–Crippen MR) is 70.0 cm³/mol. The van der Waals surface area contributed by atoms with Crippen molar-refractivity contribution in [2.45, 2.75) is 76.9 Å². The molecule has 1 heterocycles. The first-order valence-corrected chi connectivity index (χ1v) is 7.06. The predicted octanol–water partition coefficient (Wildman–Crippen LogP) is 1.83. The van der Waals surface area contributed by atoms with Crippen LogP contribution in [0.4, 0.5) is 0 Å². The summed E-state index contributed by atoms with van der Waals surface area (Å²) in [4.78, 5) is 25.5. The highest BCUT2D eigenvalue weighted by atomic mass is 16.2. The summed E-state index contributed by atoms with van der Waals surface area (Å²) in [5.74, 6) is -0.0753. The van der Waals surface area contributed by atoms with Gasteiger partial charge in [0, 0.05) is 11.6 Å². The molecule has 4 nitrogen and oxygen atoms in total. The van der Waals surface area contributed by atoms with Crippen LogP contribution in [0.5, 0.6) is 0 Å². The molecule has 1 unspecified atom stereocenters. The number of nitrogens with zero attached hydrogens (tertiary/aromatic N) is 1. The summed E-state index contributed by atoms with van der Waals surface area (Å²) in [6, 6.07) is -0.334. The maximum Gasteiger partial charge on any atom is 0.247 e. The Hall–Kier alpha value is -0.900. The van der Waals surface area contributed by atoms with Crippen molar-refractivity contribution in [3.63, 3.8) is 0 Å². The number of hydrogen-bond donors (Lipinski definition) is 1. The quantitative estimate of drug-likeness (QED) is 0.780. The van der Waals surface area contributed by atoms with Gasteiger partial charge in [0.1, 0.15) is 0 Å². The molecule has 2 fully saturated rings. The SMILES string of the molecule is CC(C)N1C(=O)CC(NC2(C)CCCCC2)C1=O. The zero-order chi connectivity index (χ0) is 13.3. The molecule has 4 heteroatoms. The minimum atomic E-state index is -0.303. The lowest BCUT2D eigenvalue weighted by molar-refractivity contribution is -0.140. The van der Waals surface area contributed by atoms with Crippen LogP contribution in [0.25, 0.3) is 0 Å². The summed E-state index contributed by atoms with van der Waals surface area (Å²) >= 11 is 0. The van der Waals surface area contributed by atoms with E-state index in [0.717, 1.165) is 12.8 Å². The van der Waals surface area contributed by atoms with Crippen LogP contribution in [-0.2, 0) is 9.59 Å². The molecule has 0 aromatic heterocycles. The number of imide groups is 1. The van der Waals surface area contributed by atoms with E-state index in [4.69, 9.17) is 0 Å². The fourth-order valence-corrected chi connectivity index (χ4v) is 3.20. The lowest BCUT2D eigenvalue weighted by Crippen LogP contribution is -2.52. The summed E-state index contributed by atoms with van der Waals surface area (Å²) in [6.07, 6.45) is 6.25. The van der Waals surface area contributed by atoms with Crippen LogP contribution in [0.1, 0.15) is 59.3 Å². The third-order valence-electron chi connectivity index (χ3n) is 4.18. The van der Waals surface area contributed by atoms with E-state index in [2.05, 4.69) is 12.2 Å². The van der Waals surface area contributed by atoms with E-state index in [9.17, 15) is 9.59 Å². The average Bonchev–Trinajstić information content (AvgIpc) is 2.54. The highest BCUT2D eigenvalue weighted by Crippen LogP contribution is 2.29. The first kappa shape index (κ1) is 13.5. The van der Waals surface area contributed by atoms with Gasteiger partial charge in [0.15, 0.2) is 0 Å². The Kier molecular flexibility index (Phi) is 3.76. The van der Waals surface area contributed by atoms with Gasteiger partial charge in [-0.1, -0.05) is 19.3 Å². The molecule has 1 aliphatic heterocycles. The molecule has 1 saturated heterocycles. The second-order valence-corrected chi connectivity index (χ2v) is 6.22. The monoisotopic (exact) mass is 252 g/mol. The van der Waals surface area contributed by atoms with E-state index in [-0.39, 0.29) is 29.4 Å². The summed E-state index contributed by atoms with van der Waals surface area (Å²) in [5.41, 5.74) is 0.0336. The molecule has 18 heavy (non-hydrogen) atoms. The molecule has 0 bridgehead atoms. The Morgan fingerprint density at radius 3 is 2.33 bits per heavy atom. The van der Waals surface area contributed by atoms with E-state index >= 15 is 0 Å². The topological polar surface area (TPSA) is 49.4 Å².